The van der Waals surface area contributed by atoms with Gasteiger partial charge in [-0.3, -0.25) is 0 Å². The van der Waals surface area contributed by atoms with Crippen molar-refractivity contribution in [3.63, 3.8) is 0 Å². The second kappa shape index (κ2) is 3.83. The van der Waals surface area contributed by atoms with Crippen molar-refractivity contribution in [2.45, 2.75) is 13.0 Å². The van der Waals surface area contributed by atoms with Gasteiger partial charge in [0.05, 0.1) is 4.88 Å². The van der Waals surface area contributed by atoms with E-state index in [0.29, 0.717) is 0 Å². The molecule has 0 aliphatic rings. The van der Waals surface area contributed by atoms with Gasteiger partial charge in [-0.15, -0.1) is 11.3 Å². The zero-order valence-corrected chi connectivity index (χ0v) is 8.64. The van der Waals surface area contributed by atoms with Crippen LogP contribution in [0.5, 0.6) is 0 Å². The first kappa shape index (κ1) is 9.26. The van der Waals surface area contributed by atoms with Crippen LogP contribution in [0.1, 0.15) is 11.8 Å². The number of hydrogen-bond donors (Lipinski definition) is 1. The smallest absolute Gasteiger partial charge is 0.112 e. The number of aliphatic hydroxyl groups is 1. The summed E-state index contributed by atoms with van der Waals surface area (Å²) < 4.78 is 1.24. The van der Waals surface area contributed by atoms with E-state index in [1.165, 1.54) is 10.1 Å². The van der Waals surface area contributed by atoms with Gasteiger partial charge in [0.2, 0.25) is 0 Å². The summed E-state index contributed by atoms with van der Waals surface area (Å²) in [6.45, 7) is 1.67. The number of aliphatic hydroxyl groups excluding tert-OH is 1. The number of thiophene rings is 1. The Kier molecular flexibility index (Phi) is 2.53. The van der Waals surface area contributed by atoms with Gasteiger partial charge in [-0.05, 0) is 24.4 Å². The van der Waals surface area contributed by atoms with E-state index in [-0.39, 0.29) is 0 Å². The number of fused-ring (bicyclic) bond motifs is 1. The van der Waals surface area contributed by atoms with Gasteiger partial charge in [-0.1, -0.05) is 30.0 Å². The molecule has 0 bridgehead atoms. The molecule has 0 radical (unpaired) electrons. The molecule has 0 saturated heterocycles. The molecule has 0 saturated carbocycles. The minimum Gasteiger partial charge on any atom is -0.381 e. The summed E-state index contributed by atoms with van der Waals surface area (Å²) in [5, 5.41) is 10.2. The molecule has 0 fully saturated rings. The molecular formula is C12H10OS. The maximum Gasteiger partial charge on any atom is 0.112 e. The highest BCUT2D eigenvalue weighted by Gasteiger charge is 1.97. The molecule has 2 aromatic rings. The van der Waals surface area contributed by atoms with Crippen molar-refractivity contribution in [3.05, 3.63) is 35.2 Å². The first-order valence-corrected chi connectivity index (χ1v) is 5.25. The van der Waals surface area contributed by atoms with Crippen molar-refractivity contribution >= 4 is 21.4 Å². The molecule has 14 heavy (non-hydrogen) atoms. The normalized spacial score (nSPS) is 12.1. The Morgan fingerprint density at radius 1 is 1.36 bits per heavy atom. The second-order valence-electron chi connectivity index (χ2n) is 3.09. The third-order valence-corrected chi connectivity index (χ3v) is 2.86. The average Bonchev–Trinajstić information content (AvgIpc) is 2.57. The first-order chi connectivity index (χ1) is 6.75. The monoisotopic (exact) mass is 202 g/mol. The van der Waals surface area contributed by atoms with E-state index in [1.54, 1.807) is 18.3 Å². The quantitative estimate of drug-likeness (QED) is 0.651. The third kappa shape index (κ3) is 1.95. The predicted molar refractivity (Wildman–Crippen MR) is 60.4 cm³/mol. The van der Waals surface area contributed by atoms with Gasteiger partial charge in [0.25, 0.3) is 0 Å². The summed E-state index contributed by atoms with van der Waals surface area (Å²) in [5.74, 6) is 5.69. The van der Waals surface area contributed by atoms with Gasteiger partial charge in [-0.25, -0.2) is 0 Å². The van der Waals surface area contributed by atoms with Crippen molar-refractivity contribution in [1.82, 2.24) is 0 Å². The molecule has 0 unspecified atom stereocenters. The lowest BCUT2D eigenvalue weighted by atomic mass is 10.2. The van der Waals surface area contributed by atoms with Crippen LogP contribution in [0.25, 0.3) is 10.1 Å². The molecule has 1 nitrogen and oxygen atoms in total. The number of hydrogen-bond acceptors (Lipinski definition) is 2. The zero-order chi connectivity index (χ0) is 9.97. The van der Waals surface area contributed by atoms with Crippen molar-refractivity contribution in [1.29, 1.82) is 0 Å². The molecule has 0 aliphatic heterocycles. The molecule has 1 N–H and O–H groups in total. The Morgan fingerprint density at radius 3 is 2.86 bits per heavy atom. The van der Waals surface area contributed by atoms with E-state index < -0.39 is 6.10 Å². The summed E-state index contributed by atoms with van der Waals surface area (Å²) >= 11 is 1.65. The fourth-order valence-electron chi connectivity index (χ4n) is 1.22. The van der Waals surface area contributed by atoms with E-state index in [4.69, 9.17) is 5.11 Å². The van der Waals surface area contributed by atoms with Gasteiger partial charge in [0, 0.05) is 4.70 Å². The molecule has 1 aromatic carbocycles. The van der Waals surface area contributed by atoms with Crippen LogP contribution >= 0.6 is 11.3 Å². The van der Waals surface area contributed by atoms with Crippen molar-refractivity contribution in [2.75, 3.05) is 0 Å². The van der Waals surface area contributed by atoms with E-state index in [9.17, 15) is 0 Å². The third-order valence-electron chi connectivity index (χ3n) is 1.83. The molecule has 0 amide bonds. The summed E-state index contributed by atoms with van der Waals surface area (Å²) in [6.07, 6.45) is -0.555. The summed E-state index contributed by atoms with van der Waals surface area (Å²) in [7, 11) is 0. The Labute approximate surface area is 87.0 Å². The van der Waals surface area contributed by atoms with Crippen LogP contribution in [0.2, 0.25) is 0 Å². The van der Waals surface area contributed by atoms with Crippen LogP contribution in [0, 0.1) is 11.8 Å². The van der Waals surface area contributed by atoms with Crippen molar-refractivity contribution < 1.29 is 5.11 Å². The van der Waals surface area contributed by atoms with E-state index in [1.807, 2.05) is 12.1 Å². The predicted octanol–water partition coefficient (Wildman–Crippen LogP) is 2.63. The minimum atomic E-state index is -0.555. The highest BCUT2D eigenvalue weighted by atomic mass is 32.1. The van der Waals surface area contributed by atoms with E-state index in [0.717, 1.165) is 4.88 Å². The maximum atomic E-state index is 9.02. The van der Waals surface area contributed by atoms with Crippen LogP contribution in [0.15, 0.2) is 30.3 Å². The van der Waals surface area contributed by atoms with Crippen molar-refractivity contribution in [3.8, 4) is 11.8 Å². The number of benzene rings is 1. The van der Waals surface area contributed by atoms with E-state index in [2.05, 4.69) is 30.0 Å². The topological polar surface area (TPSA) is 20.2 Å². The Balaban J connectivity index is 2.42. The summed E-state index contributed by atoms with van der Waals surface area (Å²) in [6, 6.07) is 10.2. The average molecular weight is 202 g/mol. The number of rotatable bonds is 0. The maximum absolute atomic E-state index is 9.02. The highest BCUT2D eigenvalue weighted by Crippen LogP contribution is 2.24. The van der Waals surface area contributed by atoms with Gasteiger partial charge in [0.1, 0.15) is 6.10 Å². The van der Waals surface area contributed by atoms with Gasteiger partial charge >= 0.3 is 0 Å². The summed E-state index contributed by atoms with van der Waals surface area (Å²) in [5.41, 5.74) is 0. The van der Waals surface area contributed by atoms with Crippen molar-refractivity contribution in [2.24, 2.45) is 0 Å². The first-order valence-electron chi connectivity index (χ1n) is 4.44. The molecule has 2 heteroatoms. The standard InChI is InChI=1S/C12H10OS/c1-9(13)6-7-11-8-10-4-2-3-5-12(10)14-11/h2-5,8-9,13H,1H3/t9-/m1/s1. The molecule has 1 aromatic heterocycles. The van der Waals surface area contributed by atoms with Gasteiger partial charge in [0.15, 0.2) is 0 Å². The Hall–Kier alpha value is -1.30. The molecular weight excluding hydrogens is 192 g/mol. The molecule has 0 aliphatic carbocycles. The fourth-order valence-corrected chi connectivity index (χ4v) is 2.14. The zero-order valence-electron chi connectivity index (χ0n) is 7.82. The fraction of sp³-hybridized carbons (Fsp3) is 0.167. The minimum absolute atomic E-state index is 0.555. The van der Waals surface area contributed by atoms with Gasteiger partial charge in [-0.2, -0.15) is 0 Å². The molecule has 1 heterocycles. The largest absolute Gasteiger partial charge is 0.381 e. The lowest BCUT2D eigenvalue weighted by Gasteiger charge is -1.85. The van der Waals surface area contributed by atoms with Crippen LogP contribution in [0.3, 0.4) is 0 Å². The lowest BCUT2D eigenvalue weighted by molar-refractivity contribution is 0.253. The van der Waals surface area contributed by atoms with Crippen LogP contribution in [-0.4, -0.2) is 11.2 Å². The van der Waals surface area contributed by atoms with Crippen LogP contribution in [-0.2, 0) is 0 Å². The van der Waals surface area contributed by atoms with Crippen LogP contribution < -0.4 is 0 Å². The molecule has 0 spiro atoms. The Bertz CT molecular complexity index is 467. The lowest BCUT2D eigenvalue weighted by Crippen LogP contribution is -1.91. The van der Waals surface area contributed by atoms with E-state index >= 15 is 0 Å². The van der Waals surface area contributed by atoms with Gasteiger partial charge < -0.3 is 5.11 Å². The summed E-state index contributed by atoms with van der Waals surface area (Å²) in [4.78, 5) is 1.01. The molecule has 70 valence electrons. The Morgan fingerprint density at radius 2 is 2.14 bits per heavy atom. The SMILES string of the molecule is C[C@@H](O)C#Cc1cc2ccccc2s1. The molecule has 2 rings (SSSR count). The second-order valence-corrected chi connectivity index (χ2v) is 4.18. The van der Waals surface area contributed by atoms with Crippen LogP contribution in [0.4, 0.5) is 0 Å². The highest BCUT2D eigenvalue weighted by molar-refractivity contribution is 7.19. The molecule has 1 atom stereocenters.